The Hall–Kier alpha value is -12.7. The first-order chi connectivity index (χ1) is 50.0. The SMILES string of the molecule is Cc1ccnc(-c2cc(/C=C/c3ccncc3)ccn2)c1.Cc1ccnc(-c2cc(/C=C/c3ccncc3)ccn2)c1.Cc1ccnc(-c2cc(C)ccn2)c1.Cc1ccnc(-c2cc(CC(O)c3ccncc3)ccn2)c1.[Os+2].c1ccc(-c2ccccn2)nc1.c1ccc(-c2ccccn2)nc1. The fraction of sp³-hybridized carbons (Fsp3) is 0.0814. The van der Waals surface area contributed by atoms with Gasteiger partial charge in [0.15, 0.2) is 0 Å². The molecule has 506 valence electrons. The summed E-state index contributed by atoms with van der Waals surface area (Å²) in [5.74, 6) is 0. The van der Waals surface area contributed by atoms with Crippen LogP contribution in [0.3, 0.4) is 0 Å². The molecule has 15 heterocycles. The van der Waals surface area contributed by atoms with Crippen LogP contribution >= 0.6 is 0 Å². The summed E-state index contributed by atoms with van der Waals surface area (Å²) in [4.78, 5) is 63.6. The topological polar surface area (TPSA) is 214 Å². The van der Waals surface area contributed by atoms with Gasteiger partial charge in [0.2, 0.25) is 0 Å². The minimum Gasteiger partial charge on any atom is -0.388 e. The third kappa shape index (κ3) is 24.9. The molecule has 1 N–H and O–H groups in total. The van der Waals surface area contributed by atoms with Crippen LogP contribution in [-0.4, -0.2) is 79.9 Å². The Morgan fingerprint density at radius 2 is 0.485 bits per heavy atom. The summed E-state index contributed by atoms with van der Waals surface area (Å²) < 4.78 is 0. The van der Waals surface area contributed by atoms with Crippen LogP contribution < -0.4 is 0 Å². The van der Waals surface area contributed by atoms with Gasteiger partial charge in [-0.05, 0) is 278 Å². The molecule has 15 aromatic heterocycles. The summed E-state index contributed by atoms with van der Waals surface area (Å²) in [5.41, 5.74) is 23.0. The van der Waals surface area contributed by atoms with E-state index < -0.39 is 6.10 Å². The second-order valence-electron chi connectivity index (χ2n) is 23.2. The van der Waals surface area contributed by atoms with E-state index in [9.17, 15) is 5.11 Å². The number of aryl methyl sites for hydroxylation is 5. The third-order valence-corrected chi connectivity index (χ3v) is 15.1. The Morgan fingerprint density at radius 1 is 0.243 bits per heavy atom. The molecule has 0 bridgehead atoms. The van der Waals surface area contributed by atoms with Crippen LogP contribution in [0.5, 0.6) is 0 Å². The van der Waals surface area contributed by atoms with Crippen LogP contribution in [-0.2, 0) is 26.2 Å². The van der Waals surface area contributed by atoms with Crippen LogP contribution in [0.2, 0.25) is 0 Å². The first-order valence-corrected chi connectivity index (χ1v) is 32.9. The van der Waals surface area contributed by atoms with Crippen LogP contribution in [0.4, 0.5) is 0 Å². The Balaban J connectivity index is 0.000000146. The number of rotatable bonds is 13. The average Bonchev–Trinajstić information content (AvgIpc) is 1.51. The van der Waals surface area contributed by atoms with Gasteiger partial charge in [0.1, 0.15) is 0 Å². The van der Waals surface area contributed by atoms with Crippen LogP contribution in [0.1, 0.15) is 67.3 Å². The Bertz CT molecular complexity index is 4720. The number of hydrogen-bond acceptors (Lipinski definition) is 16. The molecule has 103 heavy (non-hydrogen) atoms. The zero-order valence-corrected chi connectivity index (χ0v) is 60.2. The van der Waals surface area contributed by atoms with E-state index in [4.69, 9.17) is 0 Å². The predicted molar refractivity (Wildman–Crippen MR) is 408 cm³/mol. The van der Waals surface area contributed by atoms with E-state index in [1.54, 1.807) is 74.4 Å². The molecule has 0 spiro atoms. The number of pyridine rings is 15. The number of nitrogens with zero attached hydrogens (tertiary/aromatic N) is 15. The van der Waals surface area contributed by atoms with E-state index in [1.807, 2.05) is 250 Å². The van der Waals surface area contributed by atoms with Crippen molar-refractivity contribution in [2.45, 2.75) is 47.1 Å². The van der Waals surface area contributed by atoms with Crippen molar-refractivity contribution in [3.05, 3.63) is 379 Å². The summed E-state index contributed by atoms with van der Waals surface area (Å²) in [6.45, 7) is 10.3. The van der Waals surface area contributed by atoms with E-state index in [0.717, 1.165) is 107 Å². The van der Waals surface area contributed by atoms with Gasteiger partial charge >= 0.3 is 19.8 Å². The van der Waals surface area contributed by atoms with Crippen molar-refractivity contribution in [1.82, 2.24) is 74.8 Å². The van der Waals surface area contributed by atoms with Gasteiger partial charge in [-0.25, -0.2) is 0 Å². The molecule has 0 amide bonds. The maximum absolute atomic E-state index is 10.3. The molecule has 15 rings (SSSR count). The van der Waals surface area contributed by atoms with E-state index in [-0.39, 0.29) is 19.8 Å². The van der Waals surface area contributed by atoms with Gasteiger partial charge in [0, 0.05) is 118 Å². The van der Waals surface area contributed by atoms with Crippen molar-refractivity contribution in [2.75, 3.05) is 0 Å². The first-order valence-electron chi connectivity index (χ1n) is 32.9. The van der Waals surface area contributed by atoms with Crippen molar-refractivity contribution in [1.29, 1.82) is 0 Å². The number of aliphatic hydroxyl groups is 1. The van der Waals surface area contributed by atoms with E-state index in [2.05, 4.69) is 127 Å². The quantitative estimate of drug-likeness (QED) is 0.114. The van der Waals surface area contributed by atoms with Gasteiger partial charge in [0.25, 0.3) is 0 Å². The van der Waals surface area contributed by atoms with Gasteiger partial charge in [0.05, 0.1) is 74.4 Å². The summed E-state index contributed by atoms with van der Waals surface area (Å²) in [6, 6.07) is 66.8. The first kappa shape index (κ1) is 74.5. The Morgan fingerprint density at radius 3 is 0.777 bits per heavy atom. The second kappa shape index (κ2) is 40.4. The molecule has 0 saturated carbocycles. The molecular formula is C86H75N15OOs+2. The molecule has 15 aromatic rings. The Kier molecular flexibility index (Phi) is 29.2. The standard InChI is InChI=1S/C18H17N3O.2C18H15N3.C12H12N2.2C10H8N2.Os/c1-13-2-8-20-16(10-13)17-11-14(3-9-21-17)12-18(22)15-4-6-19-7-5-15;2*1-14-4-10-20-17(12-14)18-13-16(7-11-21-18)3-2-15-5-8-19-9-6-15;1-9-3-5-13-11(7-9)12-8-10(2)4-6-14-12;2*1-3-7-11-9(5-1)10-6-2-4-8-12-10;/h2-11,18,22H,12H2,1H3;2*2-13H,1H3;3-8H,1-2H3;2*1-8H;/q;;;;;;+2/b;2*3-2+;;;;. The zero-order valence-electron chi connectivity index (χ0n) is 57.6. The smallest absolute Gasteiger partial charge is 0.388 e. The van der Waals surface area contributed by atoms with E-state index in [1.165, 1.54) is 22.3 Å². The number of aliphatic hydroxyl groups excluding tert-OH is 1. The fourth-order valence-corrected chi connectivity index (χ4v) is 9.82. The van der Waals surface area contributed by atoms with Crippen molar-refractivity contribution in [3.63, 3.8) is 0 Å². The molecule has 16 nitrogen and oxygen atoms in total. The number of aromatic nitrogens is 15. The molecule has 0 aliphatic heterocycles. The van der Waals surface area contributed by atoms with Crippen molar-refractivity contribution in [3.8, 4) is 68.3 Å². The minimum absolute atomic E-state index is 0. The maximum atomic E-state index is 10.3. The normalized spacial score (nSPS) is 10.7. The molecule has 0 radical (unpaired) electrons. The molecule has 0 aliphatic rings. The van der Waals surface area contributed by atoms with Crippen LogP contribution in [0, 0.1) is 34.6 Å². The van der Waals surface area contributed by atoms with Crippen molar-refractivity contribution in [2.24, 2.45) is 0 Å². The van der Waals surface area contributed by atoms with Gasteiger partial charge < -0.3 is 5.11 Å². The summed E-state index contributed by atoms with van der Waals surface area (Å²) in [7, 11) is 0. The summed E-state index contributed by atoms with van der Waals surface area (Å²) in [6.07, 6.45) is 40.2. The van der Waals surface area contributed by atoms with Crippen LogP contribution in [0.25, 0.3) is 92.6 Å². The molecule has 0 saturated heterocycles. The zero-order chi connectivity index (χ0) is 70.8. The van der Waals surface area contributed by atoms with Gasteiger partial charge in [-0.2, -0.15) is 0 Å². The molecule has 1 unspecified atom stereocenters. The maximum Gasteiger partial charge on any atom is 2.00 e. The third-order valence-electron chi connectivity index (χ3n) is 15.1. The molecule has 0 aliphatic carbocycles. The molecule has 17 heteroatoms. The molecule has 1 atom stereocenters. The van der Waals surface area contributed by atoms with Crippen molar-refractivity contribution < 1.29 is 24.9 Å². The summed E-state index contributed by atoms with van der Waals surface area (Å²) in [5, 5.41) is 10.3. The largest absolute Gasteiger partial charge is 2.00 e. The second-order valence-corrected chi connectivity index (χ2v) is 23.2. The molecule has 0 aromatic carbocycles. The van der Waals surface area contributed by atoms with Gasteiger partial charge in [-0.1, -0.05) is 48.6 Å². The monoisotopic (exact) mass is 1530 g/mol. The van der Waals surface area contributed by atoms with Crippen molar-refractivity contribution >= 4 is 24.3 Å². The molecule has 0 fully saturated rings. The summed E-state index contributed by atoms with van der Waals surface area (Å²) >= 11 is 0. The van der Waals surface area contributed by atoms with Gasteiger partial charge in [-0.15, -0.1) is 0 Å². The average molecular weight is 1520 g/mol. The van der Waals surface area contributed by atoms with Gasteiger partial charge in [-0.3, -0.25) is 74.8 Å². The fourth-order valence-electron chi connectivity index (χ4n) is 9.82. The number of hydrogen-bond donors (Lipinski definition) is 1. The Labute approximate surface area is 614 Å². The molecular weight excluding hydrogens is 1450 g/mol. The van der Waals surface area contributed by atoms with Crippen LogP contribution in [0.15, 0.2) is 318 Å². The van der Waals surface area contributed by atoms with E-state index >= 15 is 0 Å². The minimum atomic E-state index is -0.552. The predicted octanol–water partition coefficient (Wildman–Crippen LogP) is 18.2. The van der Waals surface area contributed by atoms with E-state index in [0.29, 0.717) is 6.42 Å².